The number of hydrogen-bond donors (Lipinski definition) is 2. The molecule has 24 heavy (non-hydrogen) atoms. The Morgan fingerprint density at radius 3 is 2.92 bits per heavy atom. The summed E-state index contributed by atoms with van der Waals surface area (Å²) in [6, 6.07) is 7.25. The summed E-state index contributed by atoms with van der Waals surface area (Å²) in [7, 11) is 0. The highest BCUT2D eigenvalue weighted by Gasteiger charge is 2.15. The van der Waals surface area contributed by atoms with E-state index in [1.165, 1.54) is 23.1 Å². The van der Waals surface area contributed by atoms with E-state index >= 15 is 0 Å². The van der Waals surface area contributed by atoms with E-state index < -0.39 is 0 Å². The van der Waals surface area contributed by atoms with E-state index in [2.05, 4.69) is 9.97 Å². The number of H-pyrrole nitrogens is 1. The van der Waals surface area contributed by atoms with Crippen molar-refractivity contribution in [3.8, 4) is 0 Å². The van der Waals surface area contributed by atoms with Crippen molar-refractivity contribution < 1.29 is 9.53 Å². The molecule has 0 aliphatic heterocycles. The van der Waals surface area contributed by atoms with Gasteiger partial charge in [-0.05, 0) is 37.6 Å². The Bertz CT molecular complexity index is 978. The Morgan fingerprint density at radius 1 is 1.38 bits per heavy atom. The van der Waals surface area contributed by atoms with E-state index in [9.17, 15) is 9.59 Å². The molecule has 2 heterocycles. The van der Waals surface area contributed by atoms with Gasteiger partial charge in [0.05, 0.1) is 21.7 Å². The fourth-order valence-electron chi connectivity index (χ4n) is 2.24. The number of benzene rings is 1. The zero-order valence-corrected chi connectivity index (χ0v) is 14.7. The van der Waals surface area contributed by atoms with Crippen LogP contribution in [0.5, 0.6) is 0 Å². The van der Waals surface area contributed by atoms with Gasteiger partial charge in [-0.1, -0.05) is 17.8 Å². The number of anilines is 1. The molecule has 0 saturated heterocycles. The number of carbonyl (C=O) groups is 1. The summed E-state index contributed by atoms with van der Waals surface area (Å²) in [4.78, 5) is 32.1. The van der Waals surface area contributed by atoms with Crippen LogP contribution >= 0.6 is 23.1 Å². The second-order valence-corrected chi connectivity index (χ2v) is 7.39. The van der Waals surface area contributed by atoms with Crippen molar-refractivity contribution in [3.05, 3.63) is 45.1 Å². The molecular formula is C16H15N3O3S2. The number of carbonyl (C=O) groups excluding carboxylic acids is 1. The van der Waals surface area contributed by atoms with Gasteiger partial charge < -0.3 is 10.5 Å². The lowest BCUT2D eigenvalue weighted by atomic mass is 10.1. The van der Waals surface area contributed by atoms with Crippen molar-refractivity contribution in [3.63, 3.8) is 0 Å². The first-order valence-corrected chi connectivity index (χ1v) is 8.86. The van der Waals surface area contributed by atoms with Gasteiger partial charge in [0.2, 0.25) is 5.95 Å². The summed E-state index contributed by atoms with van der Waals surface area (Å²) in [6.45, 7) is 4.03. The lowest BCUT2D eigenvalue weighted by molar-refractivity contribution is 0.0532. The van der Waals surface area contributed by atoms with Crippen molar-refractivity contribution in [2.24, 2.45) is 0 Å². The van der Waals surface area contributed by atoms with Gasteiger partial charge >= 0.3 is 5.97 Å². The largest absolute Gasteiger partial charge is 0.462 e. The van der Waals surface area contributed by atoms with Crippen molar-refractivity contribution in [1.82, 2.24) is 9.97 Å². The Morgan fingerprint density at radius 2 is 2.17 bits per heavy atom. The topological polar surface area (TPSA) is 98.1 Å². The van der Waals surface area contributed by atoms with Gasteiger partial charge in [0.25, 0.3) is 5.56 Å². The molecule has 0 bridgehead atoms. The van der Waals surface area contributed by atoms with E-state index in [1.807, 2.05) is 19.1 Å². The Balaban J connectivity index is 2.03. The van der Waals surface area contributed by atoms with Crippen LogP contribution in [0.2, 0.25) is 0 Å². The van der Waals surface area contributed by atoms with Crippen LogP contribution in [0.3, 0.4) is 0 Å². The van der Waals surface area contributed by atoms with Gasteiger partial charge in [-0.2, -0.15) is 0 Å². The highest BCUT2D eigenvalue weighted by molar-refractivity contribution is 8.01. The predicted molar refractivity (Wildman–Crippen MR) is 95.9 cm³/mol. The molecule has 6 nitrogen and oxygen atoms in total. The standard InChI is InChI=1S/C16H15N3O3S2/c1-3-22-15(21)10-6-7-11(23-10)24-13-8(2)4-5-9-12(13)14(20)19-16(17)18-9/h4-7H,3H2,1-2H3,(H3,17,18,19,20). The molecule has 0 aliphatic rings. The first kappa shape index (κ1) is 16.5. The molecule has 2 aromatic heterocycles. The minimum absolute atomic E-state index is 0.0908. The lowest BCUT2D eigenvalue weighted by Gasteiger charge is -2.08. The molecule has 3 aromatic rings. The predicted octanol–water partition coefficient (Wildman–Crippen LogP) is 3.20. The highest BCUT2D eigenvalue weighted by Crippen LogP contribution is 2.38. The van der Waals surface area contributed by atoms with E-state index in [1.54, 1.807) is 19.1 Å². The molecule has 3 N–H and O–H groups in total. The molecule has 0 saturated carbocycles. The maximum Gasteiger partial charge on any atom is 0.348 e. The summed E-state index contributed by atoms with van der Waals surface area (Å²) in [5.74, 6) is -0.246. The van der Waals surface area contributed by atoms with Gasteiger partial charge in [0.1, 0.15) is 4.88 Å². The average molecular weight is 361 g/mol. The Hall–Kier alpha value is -2.32. The van der Waals surface area contributed by atoms with Crippen LogP contribution in [0, 0.1) is 6.92 Å². The number of hydrogen-bond acceptors (Lipinski definition) is 7. The third kappa shape index (κ3) is 3.15. The van der Waals surface area contributed by atoms with Crippen molar-refractivity contribution >= 4 is 45.9 Å². The smallest absolute Gasteiger partial charge is 0.348 e. The van der Waals surface area contributed by atoms with Crippen LogP contribution in [0.15, 0.2) is 38.2 Å². The maximum atomic E-state index is 12.3. The number of nitrogens with one attached hydrogen (secondary N) is 1. The van der Waals surface area contributed by atoms with Crippen LogP contribution in [0.1, 0.15) is 22.2 Å². The maximum absolute atomic E-state index is 12.3. The minimum Gasteiger partial charge on any atom is -0.462 e. The molecule has 0 amide bonds. The molecule has 3 rings (SSSR count). The second kappa shape index (κ2) is 6.66. The van der Waals surface area contributed by atoms with Crippen LogP contribution in [-0.2, 0) is 4.74 Å². The van der Waals surface area contributed by atoms with E-state index in [0.717, 1.165) is 14.7 Å². The van der Waals surface area contributed by atoms with Crippen molar-refractivity contribution in [2.45, 2.75) is 23.0 Å². The number of rotatable bonds is 4. The Kier molecular flexibility index (Phi) is 4.59. The number of esters is 1. The number of aromatic amines is 1. The zero-order chi connectivity index (χ0) is 17.3. The molecule has 0 spiro atoms. The van der Waals surface area contributed by atoms with E-state index in [0.29, 0.717) is 22.4 Å². The highest BCUT2D eigenvalue weighted by atomic mass is 32.2. The molecule has 0 fully saturated rings. The second-order valence-electron chi connectivity index (χ2n) is 5.00. The third-order valence-corrected chi connectivity index (χ3v) is 5.73. The minimum atomic E-state index is -0.337. The fraction of sp³-hybridized carbons (Fsp3) is 0.188. The van der Waals surface area contributed by atoms with Crippen LogP contribution in [0.4, 0.5) is 5.95 Å². The van der Waals surface area contributed by atoms with E-state index in [-0.39, 0.29) is 17.5 Å². The molecule has 1 aromatic carbocycles. The number of fused-ring (bicyclic) bond motifs is 1. The SMILES string of the molecule is CCOC(=O)c1ccc(Sc2c(C)ccc3nc(N)[nH]c(=O)c23)s1. The van der Waals surface area contributed by atoms with Gasteiger partial charge in [-0.25, -0.2) is 9.78 Å². The van der Waals surface area contributed by atoms with Crippen LogP contribution < -0.4 is 11.3 Å². The number of thiophene rings is 1. The summed E-state index contributed by atoms with van der Waals surface area (Å²) in [5, 5.41) is 0.500. The van der Waals surface area contributed by atoms with Crippen molar-refractivity contribution in [1.29, 1.82) is 0 Å². The average Bonchev–Trinajstić information content (AvgIpc) is 2.99. The molecule has 0 unspecified atom stereocenters. The fourth-order valence-corrected chi connectivity index (χ4v) is 4.43. The number of nitrogens with zero attached hydrogens (tertiary/aromatic N) is 1. The van der Waals surface area contributed by atoms with Gasteiger partial charge in [0, 0.05) is 4.90 Å². The lowest BCUT2D eigenvalue weighted by Crippen LogP contribution is -2.12. The van der Waals surface area contributed by atoms with Gasteiger partial charge in [-0.15, -0.1) is 11.3 Å². The monoisotopic (exact) mass is 361 g/mol. The number of nitrogens with two attached hydrogens (primary N) is 1. The molecule has 124 valence electrons. The van der Waals surface area contributed by atoms with Crippen LogP contribution in [-0.4, -0.2) is 22.5 Å². The summed E-state index contributed by atoms with van der Waals surface area (Å²) >= 11 is 2.76. The first-order chi connectivity index (χ1) is 11.5. The number of ether oxygens (including phenoxy) is 1. The molecule has 8 heteroatoms. The zero-order valence-electron chi connectivity index (χ0n) is 13.1. The quantitative estimate of drug-likeness (QED) is 0.693. The molecule has 0 radical (unpaired) electrons. The van der Waals surface area contributed by atoms with Crippen molar-refractivity contribution in [2.75, 3.05) is 12.3 Å². The van der Waals surface area contributed by atoms with Gasteiger partial charge in [-0.3, -0.25) is 9.78 Å². The number of nitrogen functional groups attached to an aromatic ring is 1. The molecular weight excluding hydrogens is 346 g/mol. The van der Waals surface area contributed by atoms with Crippen LogP contribution in [0.25, 0.3) is 10.9 Å². The number of aromatic nitrogens is 2. The summed E-state index contributed by atoms with van der Waals surface area (Å²) < 4.78 is 5.89. The summed E-state index contributed by atoms with van der Waals surface area (Å²) in [5.41, 5.74) is 6.84. The molecule has 0 atom stereocenters. The van der Waals surface area contributed by atoms with E-state index in [4.69, 9.17) is 10.5 Å². The normalized spacial score (nSPS) is 10.9. The van der Waals surface area contributed by atoms with Gasteiger partial charge in [0.15, 0.2) is 0 Å². The first-order valence-electron chi connectivity index (χ1n) is 7.23. The Labute approximate surface area is 146 Å². The summed E-state index contributed by atoms with van der Waals surface area (Å²) in [6.07, 6.45) is 0. The molecule has 0 aliphatic carbocycles. The third-order valence-electron chi connectivity index (χ3n) is 3.30. The number of aryl methyl sites for hydroxylation is 1.